The van der Waals surface area contributed by atoms with Gasteiger partial charge in [0.2, 0.25) is 5.95 Å². The molecule has 1 saturated heterocycles. The van der Waals surface area contributed by atoms with Crippen LogP contribution >= 0.6 is 15.9 Å². The zero-order valence-electron chi connectivity index (χ0n) is 12.4. The van der Waals surface area contributed by atoms with Crippen molar-refractivity contribution < 1.29 is 4.74 Å². The van der Waals surface area contributed by atoms with E-state index in [1.807, 2.05) is 6.07 Å². The van der Waals surface area contributed by atoms with E-state index in [-0.39, 0.29) is 17.6 Å². The van der Waals surface area contributed by atoms with Crippen LogP contribution in [0.15, 0.2) is 33.8 Å². The number of hydrogen-bond acceptors (Lipinski definition) is 6. The highest BCUT2D eigenvalue weighted by Crippen LogP contribution is 2.38. The van der Waals surface area contributed by atoms with Gasteiger partial charge in [-0.25, -0.2) is 14.6 Å². The molecule has 1 aliphatic heterocycles. The van der Waals surface area contributed by atoms with E-state index in [1.54, 1.807) is 23.1 Å². The first kappa shape index (κ1) is 14.8. The Bertz CT molecular complexity index is 759. The predicted octanol–water partition coefficient (Wildman–Crippen LogP) is 1.73. The minimum Gasteiger partial charge on any atom is -0.377 e. The van der Waals surface area contributed by atoms with Gasteiger partial charge in [-0.05, 0) is 34.8 Å². The monoisotopic (exact) mass is 377 g/mol. The number of anilines is 1. The average molecular weight is 378 g/mol. The van der Waals surface area contributed by atoms with E-state index in [1.165, 1.54) is 0 Å². The molecule has 8 heteroatoms. The van der Waals surface area contributed by atoms with Crippen LogP contribution in [0.5, 0.6) is 0 Å². The van der Waals surface area contributed by atoms with E-state index in [0.29, 0.717) is 25.1 Å². The minimum absolute atomic E-state index is 0.0872. The second kappa shape index (κ2) is 6.01. The molecule has 3 heterocycles. The van der Waals surface area contributed by atoms with Crippen molar-refractivity contribution in [2.24, 2.45) is 0 Å². The molecular weight excluding hydrogens is 362 g/mol. The highest BCUT2D eigenvalue weighted by molar-refractivity contribution is 9.10. The minimum atomic E-state index is -0.159. The average Bonchev–Trinajstić information content (AvgIpc) is 3.30. The van der Waals surface area contributed by atoms with Gasteiger partial charge in [0.15, 0.2) is 0 Å². The number of nitrogens with one attached hydrogen (secondary N) is 1. The molecule has 2 fully saturated rings. The maximum Gasteiger partial charge on any atom is 0.267 e. The second-order valence-electron chi connectivity index (χ2n) is 5.90. The number of aromatic nitrogens is 4. The lowest BCUT2D eigenvalue weighted by atomic mass is 10.1. The molecule has 0 aromatic carbocycles. The van der Waals surface area contributed by atoms with Crippen LogP contribution in [0.3, 0.4) is 0 Å². The molecule has 2 aromatic rings. The molecule has 2 aromatic heterocycles. The van der Waals surface area contributed by atoms with Gasteiger partial charge in [-0.3, -0.25) is 4.79 Å². The Kier molecular flexibility index (Phi) is 3.86. The van der Waals surface area contributed by atoms with Crippen molar-refractivity contribution in [3.05, 3.63) is 45.0 Å². The summed E-state index contributed by atoms with van der Waals surface area (Å²) in [6.45, 7) is 0.946. The number of rotatable bonds is 4. The van der Waals surface area contributed by atoms with Crippen LogP contribution in [-0.4, -0.2) is 39.0 Å². The Morgan fingerprint density at radius 1 is 1.22 bits per heavy atom. The van der Waals surface area contributed by atoms with Gasteiger partial charge in [0, 0.05) is 24.4 Å². The first-order valence-electron chi connectivity index (χ1n) is 7.62. The smallest absolute Gasteiger partial charge is 0.267 e. The van der Waals surface area contributed by atoms with Crippen LogP contribution < -0.4 is 10.9 Å². The van der Waals surface area contributed by atoms with Crippen molar-refractivity contribution in [1.29, 1.82) is 0 Å². The normalized spacial score (nSPS) is 23.9. The Morgan fingerprint density at radius 2 is 2.00 bits per heavy atom. The number of halogens is 1. The summed E-state index contributed by atoms with van der Waals surface area (Å²) >= 11 is 3.31. The molecular formula is C15H16BrN5O2. The molecule has 0 bridgehead atoms. The number of nitrogens with zero attached hydrogens (tertiary/aromatic N) is 4. The first-order valence-corrected chi connectivity index (χ1v) is 8.41. The SMILES string of the molecule is O=c1ccc(C2CC2)nn1C1COCC1Nc1ncc(Br)cn1. The van der Waals surface area contributed by atoms with Crippen LogP contribution in [0.1, 0.15) is 30.5 Å². The fourth-order valence-corrected chi connectivity index (χ4v) is 2.95. The molecule has 7 nitrogen and oxygen atoms in total. The summed E-state index contributed by atoms with van der Waals surface area (Å²) in [7, 11) is 0. The molecule has 2 unspecified atom stereocenters. The predicted molar refractivity (Wildman–Crippen MR) is 87.5 cm³/mol. The summed E-state index contributed by atoms with van der Waals surface area (Å²) in [5.41, 5.74) is 0.892. The summed E-state index contributed by atoms with van der Waals surface area (Å²) in [6.07, 6.45) is 5.66. The summed E-state index contributed by atoms with van der Waals surface area (Å²) in [4.78, 5) is 20.7. The molecule has 0 amide bonds. The lowest BCUT2D eigenvalue weighted by Crippen LogP contribution is -2.37. The third-order valence-electron chi connectivity index (χ3n) is 4.14. The third kappa shape index (κ3) is 3.13. The van der Waals surface area contributed by atoms with Gasteiger partial charge in [-0.1, -0.05) is 0 Å². The van der Waals surface area contributed by atoms with Crippen LogP contribution in [0.25, 0.3) is 0 Å². The summed E-state index contributed by atoms with van der Waals surface area (Å²) in [5, 5.41) is 7.80. The number of hydrogen-bond donors (Lipinski definition) is 1. The molecule has 1 saturated carbocycles. The van der Waals surface area contributed by atoms with Crippen molar-refractivity contribution in [3.63, 3.8) is 0 Å². The lowest BCUT2D eigenvalue weighted by molar-refractivity contribution is 0.182. The second-order valence-corrected chi connectivity index (χ2v) is 6.81. The van der Waals surface area contributed by atoms with Gasteiger partial charge < -0.3 is 10.1 Å². The largest absolute Gasteiger partial charge is 0.377 e. The molecule has 0 radical (unpaired) electrons. The van der Waals surface area contributed by atoms with Crippen LogP contribution in [0.4, 0.5) is 5.95 Å². The van der Waals surface area contributed by atoms with E-state index < -0.39 is 0 Å². The molecule has 2 atom stereocenters. The van der Waals surface area contributed by atoms with Crippen molar-refractivity contribution in [1.82, 2.24) is 19.7 Å². The van der Waals surface area contributed by atoms with Crippen LogP contribution in [0.2, 0.25) is 0 Å². The van der Waals surface area contributed by atoms with Gasteiger partial charge in [-0.15, -0.1) is 0 Å². The summed E-state index contributed by atoms with van der Waals surface area (Å²) in [6, 6.07) is 3.20. The summed E-state index contributed by atoms with van der Waals surface area (Å²) < 4.78 is 7.93. The molecule has 1 aliphatic carbocycles. The first-order chi connectivity index (χ1) is 11.2. The van der Waals surface area contributed by atoms with Crippen molar-refractivity contribution in [2.75, 3.05) is 18.5 Å². The maximum absolute atomic E-state index is 12.2. The molecule has 120 valence electrons. The van der Waals surface area contributed by atoms with E-state index in [0.717, 1.165) is 23.0 Å². The fraction of sp³-hybridized carbons (Fsp3) is 0.467. The Balaban J connectivity index is 1.58. The molecule has 2 aliphatic rings. The van der Waals surface area contributed by atoms with Crippen LogP contribution in [-0.2, 0) is 4.74 Å². The third-order valence-corrected chi connectivity index (χ3v) is 4.55. The van der Waals surface area contributed by atoms with Crippen LogP contribution in [0, 0.1) is 0 Å². The van der Waals surface area contributed by atoms with E-state index in [9.17, 15) is 4.79 Å². The zero-order valence-corrected chi connectivity index (χ0v) is 13.9. The topological polar surface area (TPSA) is 81.9 Å². The Hall–Kier alpha value is -1.80. The van der Waals surface area contributed by atoms with Crippen molar-refractivity contribution in [3.8, 4) is 0 Å². The standard InChI is InChI=1S/C15H16BrN5O2/c16-10-5-17-15(18-6-10)19-12-7-23-8-13(12)21-14(22)4-3-11(20-21)9-1-2-9/h3-6,9,12-13H,1-2,7-8H2,(H,17,18,19). The summed E-state index contributed by atoms with van der Waals surface area (Å²) in [5.74, 6) is 1.02. The van der Waals surface area contributed by atoms with Crippen molar-refractivity contribution in [2.45, 2.75) is 30.8 Å². The quantitative estimate of drug-likeness (QED) is 0.873. The zero-order chi connectivity index (χ0) is 15.8. The van der Waals surface area contributed by atoms with E-state index >= 15 is 0 Å². The molecule has 1 N–H and O–H groups in total. The highest BCUT2D eigenvalue weighted by Gasteiger charge is 2.33. The van der Waals surface area contributed by atoms with Gasteiger partial charge in [0.1, 0.15) is 6.04 Å². The fourth-order valence-electron chi connectivity index (χ4n) is 2.75. The van der Waals surface area contributed by atoms with Gasteiger partial charge >= 0.3 is 0 Å². The van der Waals surface area contributed by atoms with Gasteiger partial charge in [0.25, 0.3) is 5.56 Å². The van der Waals surface area contributed by atoms with Gasteiger partial charge in [0.05, 0.1) is 29.4 Å². The van der Waals surface area contributed by atoms with E-state index in [4.69, 9.17) is 4.74 Å². The lowest BCUT2D eigenvalue weighted by Gasteiger charge is -2.20. The molecule has 4 rings (SSSR count). The van der Waals surface area contributed by atoms with Crippen molar-refractivity contribution >= 4 is 21.9 Å². The Morgan fingerprint density at radius 3 is 2.74 bits per heavy atom. The van der Waals surface area contributed by atoms with E-state index in [2.05, 4.69) is 36.3 Å². The number of ether oxygens (including phenoxy) is 1. The van der Waals surface area contributed by atoms with Gasteiger partial charge in [-0.2, -0.15) is 5.10 Å². The Labute approximate surface area is 141 Å². The highest BCUT2D eigenvalue weighted by atomic mass is 79.9. The maximum atomic E-state index is 12.2. The molecule has 0 spiro atoms. The molecule has 23 heavy (non-hydrogen) atoms.